The van der Waals surface area contributed by atoms with Gasteiger partial charge in [0.15, 0.2) is 0 Å². The molecule has 0 aliphatic rings. The van der Waals surface area contributed by atoms with Crippen molar-refractivity contribution in [3.05, 3.63) is 95.3 Å². The second kappa shape index (κ2) is 9.31. The molecule has 162 valence electrons. The summed E-state index contributed by atoms with van der Waals surface area (Å²) in [7, 11) is -3.97. The molecule has 0 bridgehead atoms. The van der Waals surface area contributed by atoms with Gasteiger partial charge in [0, 0.05) is 0 Å². The fraction of sp³-hybridized carbons (Fsp3) is 0.208. The molecule has 3 aromatic carbocycles. The highest BCUT2D eigenvalue weighted by Gasteiger charge is 2.28. The van der Waals surface area contributed by atoms with E-state index in [2.05, 4.69) is 5.32 Å². The second-order valence-corrected chi connectivity index (χ2v) is 9.31. The molecule has 3 rings (SSSR count). The normalized spacial score (nSPS) is 12.3. The minimum Gasteiger partial charge on any atom is -0.348 e. The lowest BCUT2D eigenvalue weighted by Crippen LogP contribution is -2.41. The van der Waals surface area contributed by atoms with Crippen LogP contribution in [-0.2, 0) is 14.8 Å². The van der Waals surface area contributed by atoms with Crippen molar-refractivity contribution in [2.24, 2.45) is 0 Å². The van der Waals surface area contributed by atoms with Crippen molar-refractivity contribution in [3.8, 4) is 0 Å². The monoisotopic (exact) mass is 440 g/mol. The molecule has 0 radical (unpaired) electrons. The van der Waals surface area contributed by atoms with E-state index in [0.717, 1.165) is 21.0 Å². The smallest absolute Gasteiger partial charge is 0.264 e. The van der Waals surface area contributed by atoms with Gasteiger partial charge >= 0.3 is 0 Å². The Hall–Kier alpha value is -3.19. The zero-order valence-corrected chi connectivity index (χ0v) is 18.5. The summed E-state index contributed by atoms with van der Waals surface area (Å²) >= 11 is 0. The van der Waals surface area contributed by atoms with Crippen LogP contribution < -0.4 is 9.62 Å². The average Bonchev–Trinajstić information content (AvgIpc) is 2.73. The third-order valence-corrected chi connectivity index (χ3v) is 6.80. The molecule has 3 aromatic rings. The maximum atomic E-state index is 13.4. The van der Waals surface area contributed by atoms with Gasteiger partial charge < -0.3 is 5.32 Å². The number of aryl methyl sites for hydroxylation is 2. The molecule has 0 aliphatic carbocycles. The fourth-order valence-corrected chi connectivity index (χ4v) is 4.72. The first-order valence-corrected chi connectivity index (χ1v) is 11.3. The molecular weight excluding hydrogens is 415 g/mol. The van der Waals surface area contributed by atoms with Crippen LogP contribution in [0.25, 0.3) is 0 Å². The number of carbonyl (C=O) groups is 1. The lowest BCUT2D eigenvalue weighted by atomic mass is 10.1. The van der Waals surface area contributed by atoms with E-state index in [1.54, 1.807) is 56.3 Å². The number of rotatable bonds is 7. The van der Waals surface area contributed by atoms with Crippen LogP contribution >= 0.6 is 0 Å². The Bertz CT molecular complexity index is 1160. The van der Waals surface area contributed by atoms with E-state index >= 15 is 0 Å². The van der Waals surface area contributed by atoms with Gasteiger partial charge in [-0.05, 0) is 62.2 Å². The number of sulfonamides is 1. The fourth-order valence-electron chi connectivity index (χ4n) is 3.23. The lowest BCUT2D eigenvalue weighted by Gasteiger charge is -2.26. The van der Waals surface area contributed by atoms with Crippen molar-refractivity contribution in [2.45, 2.75) is 31.7 Å². The number of benzene rings is 3. The number of hydrogen-bond acceptors (Lipinski definition) is 3. The summed E-state index contributed by atoms with van der Waals surface area (Å²) in [5.41, 5.74) is 2.83. The number of hydrogen-bond donors (Lipinski definition) is 1. The van der Waals surface area contributed by atoms with Crippen LogP contribution in [0.3, 0.4) is 0 Å². The largest absolute Gasteiger partial charge is 0.348 e. The summed E-state index contributed by atoms with van der Waals surface area (Å²) in [4.78, 5) is 12.9. The van der Waals surface area contributed by atoms with E-state index in [0.29, 0.717) is 5.69 Å². The van der Waals surface area contributed by atoms with Crippen molar-refractivity contribution in [1.29, 1.82) is 0 Å². The number of amides is 1. The van der Waals surface area contributed by atoms with Crippen LogP contribution in [0.15, 0.2) is 77.7 Å². The quantitative estimate of drug-likeness (QED) is 0.588. The van der Waals surface area contributed by atoms with E-state index in [1.165, 1.54) is 24.3 Å². The molecule has 0 fully saturated rings. The molecule has 1 amide bonds. The molecule has 0 heterocycles. The minimum atomic E-state index is -3.97. The first-order chi connectivity index (χ1) is 14.7. The van der Waals surface area contributed by atoms with Gasteiger partial charge in [-0.3, -0.25) is 9.10 Å². The Labute approximate surface area is 182 Å². The van der Waals surface area contributed by atoms with Crippen molar-refractivity contribution in [1.82, 2.24) is 5.32 Å². The van der Waals surface area contributed by atoms with Gasteiger partial charge in [0.05, 0.1) is 16.6 Å². The summed E-state index contributed by atoms with van der Waals surface area (Å²) in [5, 5.41) is 2.80. The first-order valence-electron chi connectivity index (χ1n) is 9.88. The Balaban J connectivity index is 1.90. The molecule has 31 heavy (non-hydrogen) atoms. The van der Waals surface area contributed by atoms with E-state index in [-0.39, 0.29) is 17.3 Å². The molecule has 7 heteroatoms. The van der Waals surface area contributed by atoms with Crippen LogP contribution in [0, 0.1) is 19.7 Å². The maximum absolute atomic E-state index is 13.4. The number of para-hydroxylation sites is 1. The molecule has 5 nitrogen and oxygen atoms in total. The second-order valence-electron chi connectivity index (χ2n) is 7.45. The van der Waals surface area contributed by atoms with Gasteiger partial charge in [-0.1, -0.05) is 48.0 Å². The topological polar surface area (TPSA) is 66.5 Å². The van der Waals surface area contributed by atoms with Gasteiger partial charge in [-0.25, -0.2) is 12.8 Å². The maximum Gasteiger partial charge on any atom is 0.264 e. The van der Waals surface area contributed by atoms with Crippen LogP contribution in [0.5, 0.6) is 0 Å². The lowest BCUT2D eigenvalue weighted by molar-refractivity contribution is -0.120. The third kappa shape index (κ3) is 5.30. The SMILES string of the molecule is Cc1ccc(S(=O)(=O)N(CC(=O)NC(C)c2ccc(F)cc2)c2ccccc2C)cc1. The third-order valence-electron chi connectivity index (χ3n) is 5.03. The molecule has 0 saturated carbocycles. The summed E-state index contributed by atoms with van der Waals surface area (Å²) in [6.07, 6.45) is 0. The first kappa shape index (κ1) is 22.5. The summed E-state index contributed by atoms with van der Waals surface area (Å²) < 4.78 is 41.2. The van der Waals surface area contributed by atoms with Crippen LogP contribution in [0.4, 0.5) is 10.1 Å². The van der Waals surface area contributed by atoms with Crippen molar-refractivity contribution in [3.63, 3.8) is 0 Å². The van der Waals surface area contributed by atoms with Crippen LogP contribution in [-0.4, -0.2) is 20.9 Å². The standard InChI is InChI=1S/C24H25FN2O3S/c1-17-8-14-22(15-9-17)31(29,30)27(23-7-5-4-6-18(23)2)16-24(28)26-19(3)20-10-12-21(25)13-11-20/h4-15,19H,16H2,1-3H3,(H,26,28). The molecule has 0 aromatic heterocycles. The Morgan fingerprint density at radius 1 is 0.968 bits per heavy atom. The van der Waals surface area contributed by atoms with Crippen LogP contribution in [0.1, 0.15) is 29.7 Å². The van der Waals surface area contributed by atoms with E-state index in [1.807, 2.05) is 13.0 Å². The Morgan fingerprint density at radius 2 is 1.58 bits per heavy atom. The van der Waals surface area contributed by atoms with E-state index < -0.39 is 22.0 Å². The zero-order valence-electron chi connectivity index (χ0n) is 17.7. The highest BCUT2D eigenvalue weighted by atomic mass is 32.2. The number of carbonyl (C=O) groups excluding carboxylic acids is 1. The summed E-state index contributed by atoms with van der Waals surface area (Å²) in [5.74, 6) is -0.826. The average molecular weight is 441 g/mol. The van der Waals surface area contributed by atoms with E-state index in [9.17, 15) is 17.6 Å². The Kier molecular flexibility index (Phi) is 6.75. The van der Waals surface area contributed by atoms with Crippen molar-refractivity contribution in [2.75, 3.05) is 10.8 Å². The summed E-state index contributed by atoms with van der Waals surface area (Å²) in [6.45, 7) is 5.05. The molecule has 1 N–H and O–H groups in total. The summed E-state index contributed by atoms with van der Waals surface area (Å²) in [6, 6.07) is 18.9. The van der Waals surface area contributed by atoms with Gasteiger partial charge in [0.1, 0.15) is 12.4 Å². The molecule has 0 saturated heterocycles. The molecule has 1 unspecified atom stereocenters. The minimum absolute atomic E-state index is 0.112. The van der Waals surface area contributed by atoms with Gasteiger partial charge in [-0.2, -0.15) is 0 Å². The van der Waals surface area contributed by atoms with Gasteiger partial charge in [0.2, 0.25) is 5.91 Å². The molecule has 0 aliphatic heterocycles. The predicted molar refractivity (Wildman–Crippen MR) is 120 cm³/mol. The number of halogens is 1. The Morgan fingerprint density at radius 3 is 2.19 bits per heavy atom. The highest BCUT2D eigenvalue weighted by Crippen LogP contribution is 2.27. The van der Waals surface area contributed by atoms with Gasteiger partial charge in [0.25, 0.3) is 10.0 Å². The van der Waals surface area contributed by atoms with Crippen molar-refractivity contribution < 1.29 is 17.6 Å². The number of anilines is 1. The van der Waals surface area contributed by atoms with E-state index in [4.69, 9.17) is 0 Å². The highest BCUT2D eigenvalue weighted by molar-refractivity contribution is 7.92. The molecular formula is C24H25FN2O3S. The van der Waals surface area contributed by atoms with Gasteiger partial charge in [-0.15, -0.1) is 0 Å². The molecule has 0 spiro atoms. The van der Waals surface area contributed by atoms with Crippen LogP contribution in [0.2, 0.25) is 0 Å². The molecule has 1 atom stereocenters. The predicted octanol–water partition coefficient (Wildman–Crippen LogP) is 4.52. The van der Waals surface area contributed by atoms with Crippen molar-refractivity contribution >= 4 is 21.6 Å². The number of nitrogens with one attached hydrogen (secondary N) is 1. The number of nitrogens with zero attached hydrogens (tertiary/aromatic N) is 1. The zero-order chi connectivity index (χ0) is 22.6.